The van der Waals surface area contributed by atoms with E-state index in [-0.39, 0.29) is 5.60 Å². The first-order valence-corrected chi connectivity index (χ1v) is 5.58. The van der Waals surface area contributed by atoms with Gasteiger partial charge in [-0.2, -0.15) is 0 Å². The van der Waals surface area contributed by atoms with Gasteiger partial charge in [-0.3, -0.25) is 0 Å². The van der Waals surface area contributed by atoms with E-state index < -0.39 is 0 Å². The highest BCUT2D eigenvalue weighted by molar-refractivity contribution is 6.30. The summed E-state index contributed by atoms with van der Waals surface area (Å²) in [7, 11) is 0. The van der Waals surface area contributed by atoms with Gasteiger partial charge in [-0.15, -0.1) is 11.6 Å². The fraction of sp³-hybridized carbons (Fsp3) is 0.455. The lowest BCUT2D eigenvalue weighted by molar-refractivity contribution is 0.202. The molecule has 0 N–H and O–H groups in total. The maximum atomic E-state index is 5.86. The third-order valence-electron chi connectivity index (χ3n) is 2.51. The molecule has 0 aromatic heterocycles. The standard InChI is InChI=1S/C11H12Cl2O/c1-8-6-9(13)2-3-10(8)14-11(7-12)4-5-11/h2-3,6H,4-5,7H2,1H3. The first-order valence-electron chi connectivity index (χ1n) is 4.66. The van der Waals surface area contributed by atoms with Crippen molar-refractivity contribution < 1.29 is 4.74 Å². The van der Waals surface area contributed by atoms with Gasteiger partial charge >= 0.3 is 0 Å². The Balaban J connectivity index is 2.17. The van der Waals surface area contributed by atoms with Crippen molar-refractivity contribution >= 4 is 23.2 Å². The van der Waals surface area contributed by atoms with E-state index in [2.05, 4.69) is 0 Å². The van der Waals surface area contributed by atoms with Crippen molar-refractivity contribution in [3.63, 3.8) is 0 Å². The molecule has 1 aliphatic rings. The number of halogens is 2. The lowest BCUT2D eigenvalue weighted by atomic mass is 10.2. The molecular weight excluding hydrogens is 219 g/mol. The largest absolute Gasteiger partial charge is 0.486 e. The van der Waals surface area contributed by atoms with Gasteiger partial charge in [0.2, 0.25) is 0 Å². The predicted molar refractivity (Wildman–Crippen MR) is 59.5 cm³/mol. The highest BCUT2D eigenvalue weighted by Gasteiger charge is 2.44. The Labute approximate surface area is 94.0 Å². The summed E-state index contributed by atoms with van der Waals surface area (Å²) in [6.07, 6.45) is 2.11. The van der Waals surface area contributed by atoms with E-state index in [0.29, 0.717) is 5.88 Å². The molecule has 0 bridgehead atoms. The number of rotatable bonds is 3. The van der Waals surface area contributed by atoms with Crippen LogP contribution in [0.25, 0.3) is 0 Å². The molecule has 76 valence electrons. The van der Waals surface area contributed by atoms with E-state index in [1.54, 1.807) is 0 Å². The fourth-order valence-corrected chi connectivity index (χ4v) is 1.91. The van der Waals surface area contributed by atoms with Crippen LogP contribution in [0.5, 0.6) is 5.75 Å². The second kappa shape index (κ2) is 3.63. The summed E-state index contributed by atoms with van der Waals surface area (Å²) in [5.41, 5.74) is 0.967. The van der Waals surface area contributed by atoms with E-state index >= 15 is 0 Å². The van der Waals surface area contributed by atoms with Crippen molar-refractivity contribution in [3.05, 3.63) is 28.8 Å². The van der Waals surface area contributed by atoms with Crippen LogP contribution in [0.1, 0.15) is 18.4 Å². The molecule has 1 saturated carbocycles. The summed E-state index contributed by atoms with van der Waals surface area (Å²) >= 11 is 11.7. The Hall–Kier alpha value is -0.400. The lowest BCUT2D eigenvalue weighted by Crippen LogP contribution is -2.20. The van der Waals surface area contributed by atoms with Crippen molar-refractivity contribution in [1.82, 2.24) is 0 Å². The van der Waals surface area contributed by atoms with Gasteiger partial charge in [0.15, 0.2) is 0 Å². The molecule has 1 fully saturated rings. The first kappa shape index (κ1) is 10.1. The number of alkyl halides is 1. The quantitative estimate of drug-likeness (QED) is 0.719. The molecule has 1 nitrogen and oxygen atoms in total. The topological polar surface area (TPSA) is 9.23 Å². The molecule has 0 saturated heterocycles. The summed E-state index contributed by atoms with van der Waals surface area (Å²) in [4.78, 5) is 0. The highest BCUT2D eigenvalue weighted by Crippen LogP contribution is 2.42. The van der Waals surface area contributed by atoms with Crippen LogP contribution in [0.2, 0.25) is 5.02 Å². The van der Waals surface area contributed by atoms with Crippen LogP contribution >= 0.6 is 23.2 Å². The average molecular weight is 231 g/mol. The SMILES string of the molecule is Cc1cc(Cl)ccc1OC1(CCl)CC1. The average Bonchev–Trinajstić information content (AvgIpc) is 2.91. The number of hydrogen-bond acceptors (Lipinski definition) is 1. The summed E-state index contributed by atoms with van der Waals surface area (Å²) in [5.74, 6) is 1.46. The number of aryl methyl sites for hydroxylation is 1. The smallest absolute Gasteiger partial charge is 0.123 e. The van der Waals surface area contributed by atoms with Gasteiger partial charge in [0.05, 0.1) is 5.88 Å². The third kappa shape index (κ3) is 1.99. The van der Waals surface area contributed by atoms with Crippen LogP contribution in [0.3, 0.4) is 0 Å². The summed E-state index contributed by atoms with van der Waals surface area (Å²) in [6.45, 7) is 1.99. The minimum Gasteiger partial charge on any atom is -0.486 e. The van der Waals surface area contributed by atoms with Crippen molar-refractivity contribution in [3.8, 4) is 5.75 Å². The van der Waals surface area contributed by atoms with Crippen LogP contribution < -0.4 is 4.74 Å². The Morgan fingerprint density at radius 1 is 1.43 bits per heavy atom. The third-order valence-corrected chi connectivity index (χ3v) is 3.24. The van der Waals surface area contributed by atoms with Gasteiger partial charge in [-0.1, -0.05) is 11.6 Å². The van der Waals surface area contributed by atoms with E-state index in [0.717, 1.165) is 29.2 Å². The monoisotopic (exact) mass is 230 g/mol. The molecule has 0 unspecified atom stereocenters. The van der Waals surface area contributed by atoms with Gasteiger partial charge < -0.3 is 4.74 Å². The van der Waals surface area contributed by atoms with Gasteiger partial charge in [0, 0.05) is 5.02 Å². The normalized spacial score (nSPS) is 17.9. The molecule has 3 heteroatoms. The number of hydrogen-bond donors (Lipinski definition) is 0. The molecule has 2 rings (SSSR count). The number of ether oxygens (including phenoxy) is 1. The number of benzene rings is 1. The van der Waals surface area contributed by atoms with E-state index in [9.17, 15) is 0 Å². The maximum Gasteiger partial charge on any atom is 0.123 e. The van der Waals surface area contributed by atoms with Crippen molar-refractivity contribution in [2.24, 2.45) is 0 Å². The lowest BCUT2D eigenvalue weighted by Gasteiger charge is -2.16. The van der Waals surface area contributed by atoms with E-state index in [1.165, 1.54) is 0 Å². The van der Waals surface area contributed by atoms with Gasteiger partial charge in [-0.05, 0) is 43.5 Å². The maximum absolute atomic E-state index is 5.86. The Morgan fingerprint density at radius 3 is 2.64 bits per heavy atom. The molecule has 0 amide bonds. The zero-order chi connectivity index (χ0) is 10.2. The van der Waals surface area contributed by atoms with Crippen LogP contribution in [0.15, 0.2) is 18.2 Å². The van der Waals surface area contributed by atoms with Crippen LogP contribution in [0.4, 0.5) is 0 Å². The summed E-state index contributed by atoms with van der Waals surface area (Å²) < 4.78 is 5.86. The fourth-order valence-electron chi connectivity index (χ4n) is 1.36. The van der Waals surface area contributed by atoms with Crippen LogP contribution in [-0.2, 0) is 0 Å². The summed E-state index contributed by atoms with van der Waals surface area (Å²) in [5, 5.41) is 0.741. The summed E-state index contributed by atoms with van der Waals surface area (Å²) in [6, 6.07) is 5.65. The van der Waals surface area contributed by atoms with Crippen LogP contribution in [-0.4, -0.2) is 11.5 Å². The first-order chi connectivity index (χ1) is 6.65. The predicted octanol–water partition coefficient (Wildman–Crippen LogP) is 3.80. The molecule has 1 aromatic carbocycles. The van der Waals surface area contributed by atoms with E-state index in [4.69, 9.17) is 27.9 Å². The van der Waals surface area contributed by atoms with Crippen molar-refractivity contribution in [1.29, 1.82) is 0 Å². The van der Waals surface area contributed by atoms with Gasteiger partial charge in [0.25, 0.3) is 0 Å². The highest BCUT2D eigenvalue weighted by atomic mass is 35.5. The molecule has 0 spiro atoms. The molecule has 14 heavy (non-hydrogen) atoms. The molecule has 0 aliphatic heterocycles. The van der Waals surface area contributed by atoms with E-state index in [1.807, 2.05) is 25.1 Å². The Kier molecular flexibility index (Phi) is 2.63. The Morgan fingerprint density at radius 2 is 2.14 bits per heavy atom. The Bertz CT molecular complexity index is 345. The molecule has 0 atom stereocenters. The molecule has 0 heterocycles. The molecule has 1 aliphatic carbocycles. The second-order valence-corrected chi connectivity index (χ2v) is 4.53. The molecular formula is C11H12Cl2O. The second-order valence-electron chi connectivity index (χ2n) is 3.83. The molecule has 1 aromatic rings. The zero-order valence-electron chi connectivity index (χ0n) is 8.02. The van der Waals surface area contributed by atoms with Gasteiger partial charge in [-0.25, -0.2) is 0 Å². The minimum atomic E-state index is -0.0971. The minimum absolute atomic E-state index is 0.0971. The van der Waals surface area contributed by atoms with Crippen molar-refractivity contribution in [2.45, 2.75) is 25.4 Å². The van der Waals surface area contributed by atoms with Crippen LogP contribution in [0, 0.1) is 6.92 Å². The zero-order valence-corrected chi connectivity index (χ0v) is 9.53. The van der Waals surface area contributed by atoms with Gasteiger partial charge in [0.1, 0.15) is 11.4 Å². The molecule has 0 radical (unpaired) electrons. The van der Waals surface area contributed by atoms with Crippen molar-refractivity contribution in [2.75, 3.05) is 5.88 Å².